The topological polar surface area (TPSA) is 94.8 Å². The quantitative estimate of drug-likeness (QED) is 0.378. The summed E-state index contributed by atoms with van der Waals surface area (Å²) in [5.41, 5.74) is 0. The normalized spacial score (nSPS) is 22.3. The van der Waals surface area contributed by atoms with Gasteiger partial charge in [-0.1, -0.05) is 37.5 Å². The van der Waals surface area contributed by atoms with Crippen molar-refractivity contribution in [1.29, 1.82) is 0 Å². The lowest BCUT2D eigenvalue weighted by Gasteiger charge is -2.22. The molecule has 0 saturated heterocycles. The van der Waals surface area contributed by atoms with Crippen LogP contribution in [0.4, 0.5) is 0 Å². The lowest BCUT2D eigenvalue weighted by Crippen LogP contribution is -2.22. The number of ketones is 1. The predicted octanol–water partition coefficient (Wildman–Crippen LogP) is 4.97. The maximum Gasteiger partial charge on any atom is 0.303 e. The molecule has 31 heavy (non-hydrogen) atoms. The van der Waals surface area contributed by atoms with Crippen LogP contribution in [0.5, 0.6) is 0 Å². The largest absolute Gasteiger partial charge is 0.481 e. The first-order valence-electron chi connectivity index (χ1n) is 11.5. The lowest BCUT2D eigenvalue weighted by atomic mass is 9.85. The van der Waals surface area contributed by atoms with Gasteiger partial charge in [-0.25, -0.2) is 0 Å². The SMILES string of the molecule is O=C(O)CCCCCC[C@H]1C(=O)C[C@@H](O)[C@@H]1CCC(O)CCc1cc2ccccc2s1. The minimum absolute atomic E-state index is 0.0644. The van der Waals surface area contributed by atoms with E-state index in [4.69, 9.17) is 5.11 Å². The highest BCUT2D eigenvalue weighted by Gasteiger charge is 2.40. The van der Waals surface area contributed by atoms with Crippen LogP contribution in [0.15, 0.2) is 30.3 Å². The van der Waals surface area contributed by atoms with Crippen LogP contribution >= 0.6 is 11.3 Å². The number of aliphatic hydroxyl groups excluding tert-OH is 2. The van der Waals surface area contributed by atoms with Crippen LogP contribution in [-0.4, -0.2) is 39.3 Å². The zero-order valence-electron chi connectivity index (χ0n) is 18.0. The predicted molar refractivity (Wildman–Crippen MR) is 123 cm³/mol. The van der Waals surface area contributed by atoms with Crippen molar-refractivity contribution in [3.63, 3.8) is 0 Å². The summed E-state index contributed by atoms with van der Waals surface area (Å²) >= 11 is 1.77. The molecular weight excluding hydrogens is 412 g/mol. The number of aryl methyl sites for hydroxylation is 1. The zero-order chi connectivity index (χ0) is 22.2. The van der Waals surface area contributed by atoms with Gasteiger partial charge in [0.2, 0.25) is 0 Å². The van der Waals surface area contributed by atoms with Gasteiger partial charge in [0.25, 0.3) is 0 Å². The second-order valence-electron chi connectivity index (χ2n) is 8.88. The number of carbonyl (C=O) groups excluding carboxylic acids is 1. The molecule has 1 heterocycles. The van der Waals surface area contributed by atoms with Gasteiger partial charge in [-0.3, -0.25) is 9.59 Å². The second kappa shape index (κ2) is 11.7. The first-order chi connectivity index (χ1) is 14.9. The number of fused-ring (bicyclic) bond motifs is 1. The van der Waals surface area contributed by atoms with Gasteiger partial charge in [0.15, 0.2) is 0 Å². The van der Waals surface area contributed by atoms with Crippen LogP contribution < -0.4 is 0 Å². The molecule has 3 N–H and O–H groups in total. The maximum atomic E-state index is 12.3. The highest BCUT2D eigenvalue weighted by Crippen LogP contribution is 2.37. The summed E-state index contributed by atoms with van der Waals surface area (Å²) in [7, 11) is 0. The molecule has 4 atom stereocenters. The first kappa shape index (κ1) is 23.9. The van der Waals surface area contributed by atoms with Crippen molar-refractivity contribution in [3.05, 3.63) is 35.2 Å². The smallest absolute Gasteiger partial charge is 0.303 e. The van der Waals surface area contributed by atoms with E-state index >= 15 is 0 Å². The molecule has 0 spiro atoms. The third-order valence-electron chi connectivity index (χ3n) is 6.52. The minimum Gasteiger partial charge on any atom is -0.481 e. The summed E-state index contributed by atoms with van der Waals surface area (Å²) < 4.78 is 1.27. The van der Waals surface area contributed by atoms with E-state index in [-0.39, 0.29) is 30.5 Å². The molecule has 1 aliphatic rings. The maximum absolute atomic E-state index is 12.3. The van der Waals surface area contributed by atoms with Crippen molar-refractivity contribution in [1.82, 2.24) is 0 Å². The van der Waals surface area contributed by atoms with E-state index in [1.807, 2.05) is 12.1 Å². The highest BCUT2D eigenvalue weighted by atomic mass is 32.1. The van der Waals surface area contributed by atoms with Crippen molar-refractivity contribution >= 4 is 33.2 Å². The molecule has 1 aromatic carbocycles. The number of aliphatic hydroxyl groups is 2. The van der Waals surface area contributed by atoms with Gasteiger partial charge in [-0.05, 0) is 62.0 Å². The van der Waals surface area contributed by atoms with Crippen molar-refractivity contribution in [3.8, 4) is 0 Å². The third kappa shape index (κ3) is 7.13. The Kier molecular flexibility index (Phi) is 9.05. The Morgan fingerprint density at radius 1 is 1.10 bits per heavy atom. The van der Waals surface area contributed by atoms with Crippen molar-refractivity contribution in [2.75, 3.05) is 0 Å². The monoisotopic (exact) mass is 446 g/mol. The fraction of sp³-hybridized carbons (Fsp3) is 0.600. The Morgan fingerprint density at radius 3 is 2.65 bits per heavy atom. The third-order valence-corrected chi connectivity index (χ3v) is 7.70. The summed E-state index contributed by atoms with van der Waals surface area (Å²) in [5, 5.41) is 30.8. The van der Waals surface area contributed by atoms with Crippen LogP contribution in [0, 0.1) is 11.8 Å². The first-order valence-corrected chi connectivity index (χ1v) is 12.3. The molecule has 1 saturated carbocycles. The Morgan fingerprint density at radius 2 is 1.87 bits per heavy atom. The fourth-order valence-electron chi connectivity index (χ4n) is 4.78. The molecule has 0 radical (unpaired) electrons. The molecule has 3 rings (SSSR count). The molecule has 0 bridgehead atoms. The Bertz CT molecular complexity index is 827. The number of carboxylic acid groups (broad SMARTS) is 1. The van der Waals surface area contributed by atoms with Gasteiger partial charge < -0.3 is 15.3 Å². The van der Waals surface area contributed by atoms with Crippen molar-refractivity contribution in [2.24, 2.45) is 11.8 Å². The number of benzene rings is 1. The van der Waals surface area contributed by atoms with Gasteiger partial charge in [0.05, 0.1) is 12.2 Å². The van der Waals surface area contributed by atoms with Crippen molar-refractivity contribution in [2.45, 2.75) is 82.8 Å². The lowest BCUT2D eigenvalue weighted by molar-refractivity contribution is -0.137. The molecule has 1 aliphatic carbocycles. The highest BCUT2D eigenvalue weighted by molar-refractivity contribution is 7.19. The number of Topliss-reactive ketones (excluding diaryl/α,β-unsaturated/α-hetero) is 1. The van der Waals surface area contributed by atoms with Crippen molar-refractivity contribution < 1.29 is 24.9 Å². The summed E-state index contributed by atoms with van der Waals surface area (Å²) in [6.45, 7) is 0. The zero-order valence-corrected chi connectivity index (χ0v) is 18.9. The summed E-state index contributed by atoms with van der Waals surface area (Å²) in [5.74, 6) is -0.808. The van der Waals surface area contributed by atoms with Crippen LogP contribution in [0.2, 0.25) is 0 Å². The molecule has 0 amide bonds. The Labute approximate surface area is 188 Å². The van der Waals surface area contributed by atoms with Gasteiger partial charge in [0, 0.05) is 28.3 Å². The minimum atomic E-state index is -0.764. The number of rotatable bonds is 13. The van der Waals surface area contributed by atoms with E-state index in [0.29, 0.717) is 25.7 Å². The van der Waals surface area contributed by atoms with E-state index < -0.39 is 18.2 Å². The van der Waals surface area contributed by atoms with Crippen LogP contribution in [-0.2, 0) is 16.0 Å². The summed E-state index contributed by atoms with van der Waals surface area (Å²) in [4.78, 5) is 24.2. The number of carbonyl (C=O) groups is 2. The summed E-state index contributed by atoms with van der Waals surface area (Å²) in [6, 6.07) is 10.5. The molecule has 2 aromatic rings. The summed E-state index contributed by atoms with van der Waals surface area (Å²) in [6.07, 6.45) is 6.29. The molecule has 1 unspecified atom stereocenters. The van der Waals surface area contributed by atoms with E-state index in [9.17, 15) is 19.8 Å². The molecule has 6 heteroatoms. The number of thiophene rings is 1. The van der Waals surface area contributed by atoms with Crippen LogP contribution in [0.1, 0.15) is 69.1 Å². The molecule has 1 aromatic heterocycles. The average Bonchev–Trinajstić information content (AvgIpc) is 3.27. The molecule has 1 fully saturated rings. The van der Waals surface area contributed by atoms with Gasteiger partial charge in [0.1, 0.15) is 5.78 Å². The number of hydrogen-bond acceptors (Lipinski definition) is 5. The average molecular weight is 447 g/mol. The molecular formula is C25H34O5S. The molecule has 0 aliphatic heterocycles. The van der Waals surface area contributed by atoms with E-state index in [0.717, 1.165) is 32.1 Å². The van der Waals surface area contributed by atoms with Gasteiger partial charge >= 0.3 is 5.97 Å². The second-order valence-corrected chi connectivity index (χ2v) is 10.0. The van der Waals surface area contributed by atoms with Crippen LogP contribution in [0.25, 0.3) is 10.1 Å². The Balaban J connectivity index is 1.40. The molecule has 170 valence electrons. The van der Waals surface area contributed by atoms with Gasteiger partial charge in [-0.2, -0.15) is 0 Å². The van der Waals surface area contributed by atoms with E-state index in [2.05, 4.69) is 18.2 Å². The standard InChI is InChI=1S/C25H34O5S/c26-18(11-13-19-15-17-7-5-6-9-24(17)31-19)12-14-21-20(22(27)16-23(21)28)8-3-1-2-4-10-25(29)30/h5-7,9,15,18,20-21,23,26,28H,1-4,8,10-14,16H2,(H,29,30)/t18?,20-,21-,23-/m1/s1. The number of aliphatic carboxylic acids is 1. The van der Waals surface area contributed by atoms with E-state index in [1.54, 1.807) is 11.3 Å². The Hall–Kier alpha value is -1.76. The number of hydrogen-bond donors (Lipinski definition) is 3. The fourth-order valence-corrected chi connectivity index (χ4v) is 5.86. The number of unbranched alkanes of at least 4 members (excludes halogenated alkanes) is 3. The van der Waals surface area contributed by atoms with Gasteiger partial charge in [-0.15, -0.1) is 11.3 Å². The molecule has 5 nitrogen and oxygen atoms in total. The number of carboxylic acids is 1. The van der Waals surface area contributed by atoms with Crippen LogP contribution in [0.3, 0.4) is 0 Å². The van der Waals surface area contributed by atoms with E-state index in [1.165, 1.54) is 15.0 Å².